The average Bonchev–Trinajstić information content (AvgIpc) is 2.79. The zero-order valence-electron chi connectivity index (χ0n) is 13.8. The Morgan fingerprint density at radius 2 is 1.90 bits per heavy atom. The number of anilines is 1. The van der Waals surface area contributed by atoms with Gasteiger partial charge in [0, 0.05) is 17.6 Å². The normalized spacial score (nSPS) is 23.6. The molecule has 0 saturated heterocycles. The summed E-state index contributed by atoms with van der Waals surface area (Å²) in [7, 11) is 0. The number of hydrogen-bond acceptors (Lipinski definition) is 3. The molecule has 0 spiro atoms. The molecule has 1 aliphatic carbocycles. The third-order valence-corrected chi connectivity index (χ3v) is 4.17. The van der Waals surface area contributed by atoms with Crippen LogP contribution in [0, 0.1) is 12.3 Å². The van der Waals surface area contributed by atoms with Gasteiger partial charge >= 0.3 is 6.09 Å². The first kappa shape index (κ1) is 15.8. The van der Waals surface area contributed by atoms with Gasteiger partial charge in [0.1, 0.15) is 5.60 Å². The molecule has 1 amide bonds. The second-order valence-electron chi connectivity index (χ2n) is 7.53. The molecule has 0 aliphatic heterocycles. The van der Waals surface area contributed by atoms with Gasteiger partial charge in [-0.05, 0) is 50.3 Å². The molecule has 0 bridgehead atoms. The van der Waals surface area contributed by atoms with Crippen molar-refractivity contribution in [3.05, 3.63) is 29.3 Å². The first-order valence-corrected chi connectivity index (χ1v) is 7.38. The van der Waals surface area contributed by atoms with Crippen molar-refractivity contribution in [1.82, 2.24) is 0 Å². The number of amides is 1. The van der Waals surface area contributed by atoms with Gasteiger partial charge in [-0.1, -0.05) is 26.0 Å². The highest BCUT2D eigenvalue weighted by Crippen LogP contribution is 2.57. The Morgan fingerprint density at radius 1 is 1.33 bits per heavy atom. The van der Waals surface area contributed by atoms with E-state index in [1.165, 1.54) is 5.56 Å². The van der Waals surface area contributed by atoms with Gasteiger partial charge in [0.25, 0.3) is 0 Å². The van der Waals surface area contributed by atoms with E-state index in [2.05, 4.69) is 25.2 Å². The quantitative estimate of drug-likeness (QED) is 0.871. The van der Waals surface area contributed by atoms with Crippen LogP contribution in [0.15, 0.2) is 18.2 Å². The fourth-order valence-corrected chi connectivity index (χ4v) is 2.70. The van der Waals surface area contributed by atoms with E-state index in [4.69, 9.17) is 10.5 Å². The summed E-state index contributed by atoms with van der Waals surface area (Å²) in [5.41, 5.74) is 8.73. The van der Waals surface area contributed by atoms with Crippen LogP contribution in [0.25, 0.3) is 0 Å². The molecule has 1 saturated carbocycles. The van der Waals surface area contributed by atoms with Gasteiger partial charge in [-0.2, -0.15) is 0 Å². The average molecular weight is 290 g/mol. The monoisotopic (exact) mass is 290 g/mol. The Hall–Kier alpha value is -1.55. The molecule has 2 atom stereocenters. The highest BCUT2D eigenvalue weighted by Gasteiger charge is 2.56. The summed E-state index contributed by atoms with van der Waals surface area (Å²) >= 11 is 0. The number of nitrogens with two attached hydrogens (primary N) is 1. The van der Waals surface area contributed by atoms with Crippen molar-refractivity contribution in [2.75, 3.05) is 5.32 Å². The Kier molecular flexibility index (Phi) is 3.79. The van der Waals surface area contributed by atoms with E-state index in [9.17, 15) is 4.79 Å². The van der Waals surface area contributed by atoms with E-state index in [-0.39, 0.29) is 11.5 Å². The number of ether oxygens (including phenoxy) is 1. The maximum Gasteiger partial charge on any atom is 0.412 e. The summed E-state index contributed by atoms with van der Waals surface area (Å²) in [6.07, 6.45) is -0.429. The summed E-state index contributed by atoms with van der Waals surface area (Å²) in [6, 6.07) is 6.30. The largest absolute Gasteiger partial charge is 0.444 e. The number of nitrogens with one attached hydrogen (secondary N) is 1. The maximum absolute atomic E-state index is 11.9. The second kappa shape index (κ2) is 5.02. The molecule has 1 fully saturated rings. The molecule has 3 N–H and O–H groups in total. The second-order valence-corrected chi connectivity index (χ2v) is 7.53. The minimum absolute atomic E-state index is 0.123. The van der Waals surface area contributed by atoms with Gasteiger partial charge in [0.2, 0.25) is 0 Å². The fourth-order valence-electron chi connectivity index (χ4n) is 2.70. The number of hydrogen-bond donors (Lipinski definition) is 2. The van der Waals surface area contributed by atoms with Crippen LogP contribution >= 0.6 is 0 Å². The lowest BCUT2D eigenvalue weighted by molar-refractivity contribution is 0.0636. The molecular weight excluding hydrogens is 264 g/mol. The predicted octanol–water partition coefficient (Wildman–Crippen LogP) is 3.79. The van der Waals surface area contributed by atoms with E-state index in [1.807, 2.05) is 39.8 Å². The molecule has 2 rings (SSSR count). The number of benzene rings is 1. The van der Waals surface area contributed by atoms with Crippen LogP contribution in [0.2, 0.25) is 0 Å². The molecule has 2 unspecified atom stereocenters. The first-order valence-electron chi connectivity index (χ1n) is 7.38. The van der Waals surface area contributed by atoms with Crippen LogP contribution in [0.5, 0.6) is 0 Å². The molecule has 4 heteroatoms. The summed E-state index contributed by atoms with van der Waals surface area (Å²) in [5.74, 6) is 0.345. The van der Waals surface area contributed by atoms with Crippen LogP contribution in [0.3, 0.4) is 0 Å². The number of carbonyl (C=O) groups is 1. The molecular formula is C17H26N2O2. The third kappa shape index (κ3) is 3.38. The summed E-state index contributed by atoms with van der Waals surface area (Å²) in [4.78, 5) is 11.9. The third-order valence-electron chi connectivity index (χ3n) is 4.17. The van der Waals surface area contributed by atoms with Crippen LogP contribution in [0.4, 0.5) is 10.5 Å². The molecule has 1 aromatic carbocycles. The number of rotatable bonds is 2. The van der Waals surface area contributed by atoms with E-state index in [0.717, 1.165) is 11.3 Å². The summed E-state index contributed by atoms with van der Waals surface area (Å²) < 4.78 is 5.30. The highest BCUT2D eigenvalue weighted by atomic mass is 16.6. The minimum atomic E-state index is -0.504. The van der Waals surface area contributed by atoms with E-state index < -0.39 is 11.7 Å². The van der Waals surface area contributed by atoms with Crippen molar-refractivity contribution in [3.8, 4) is 0 Å². The molecule has 4 nitrogen and oxygen atoms in total. The summed E-state index contributed by atoms with van der Waals surface area (Å²) in [5, 5.41) is 2.83. The Balaban J connectivity index is 2.16. The maximum atomic E-state index is 11.9. The lowest BCUT2D eigenvalue weighted by Crippen LogP contribution is -2.27. The van der Waals surface area contributed by atoms with Crippen molar-refractivity contribution >= 4 is 11.8 Å². The van der Waals surface area contributed by atoms with Crippen LogP contribution in [-0.2, 0) is 4.74 Å². The molecule has 21 heavy (non-hydrogen) atoms. The van der Waals surface area contributed by atoms with Gasteiger partial charge in [0.15, 0.2) is 0 Å². The van der Waals surface area contributed by atoms with Crippen molar-refractivity contribution in [1.29, 1.82) is 0 Å². The van der Waals surface area contributed by atoms with Crippen LogP contribution < -0.4 is 11.1 Å². The van der Waals surface area contributed by atoms with Gasteiger partial charge < -0.3 is 10.5 Å². The standard InChI is InChI=1S/C17H26N2O2/c1-10-7-8-11(13-14(18)17(13,5)6)9-12(10)19-15(20)21-16(2,3)4/h7-9,13-14H,18H2,1-6H3,(H,19,20). The Morgan fingerprint density at radius 3 is 2.38 bits per heavy atom. The number of aryl methyl sites for hydroxylation is 1. The molecule has 0 heterocycles. The lowest BCUT2D eigenvalue weighted by atomic mass is 10.0. The Labute approximate surface area is 127 Å². The number of carbonyl (C=O) groups excluding carboxylic acids is 1. The van der Waals surface area contributed by atoms with Crippen molar-refractivity contribution < 1.29 is 9.53 Å². The minimum Gasteiger partial charge on any atom is -0.444 e. The van der Waals surface area contributed by atoms with Crippen molar-refractivity contribution in [3.63, 3.8) is 0 Å². The van der Waals surface area contributed by atoms with Crippen LogP contribution in [-0.4, -0.2) is 17.7 Å². The van der Waals surface area contributed by atoms with E-state index >= 15 is 0 Å². The van der Waals surface area contributed by atoms with E-state index in [1.54, 1.807) is 0 Å². The SMILES string of the molecule is Cc1ccc(C2C(N)C2(C)C)cc1NC(=O)OC(C)(C)C. The van der Waals surface area contributed by atoms with Gasteiger partial charge in [-0.3, -0.25) is 5.32 Å². The summed E-state index contributed by atoms with van der Waals surface area (Å²) in [6.45, 7) is 11.9. The van der Waals surface area contributed by atoms with E-state index in [0.29, 0.717) is 5.92 Å². The first-order chi connectivity index (χ1) is 9.52. The topological polar surface area (TPSA) is 64.3 Å². The highest BCUT2D eigenvalue weighted by molar-refractivity contribution is 5.86. The molecule has 0 radical (unpaired) electrons. The predicted molar refractivity (Wildman–Crippen MR) is 85.5 cm³/mol. The molecule has 0 aromatic heterocycles. The zero-order valence-corrected chi connectivity index (χ0v) is 13.8. The zero-order chi connectivity index (χ0) is 16.0. The van der Waals surface area contributed by atoms with Crippen molar-refractivity contribution in [2.45, 2.75) is 59.1 Å². The Bertz CT molecular complexity index is 558. The molecule has 116 valence electrons. The molecule has 1 aliphatic rings. The van der Waals surface area contributed by atoms with Crippen LogP contribution in [0.1, 0.15) is 51.7 Å². The fraction of sp³-hybridized carbons (Fsp3) is 0.588. The molecule has 1 aromatic rings. The smallest absolute Gasteiger partial charge is 0.412 e. The lowest BCUT2D eigenvalue weighted by Gasteiger charge is -2.20. The van der Waals surface area contributed by atoms with Gasteiger partial charge in [-0.15, -0.1) is 0 Å². The van der Waals surface area contributed by atoms with Gasteiger partial charge in [0.05, 0.1) is 0 Å². The van der Waals surface area contributed by atoms with Crippen molar-refractivity contribution in [2.24, 2.45) is 11.1 Å². The van der Waals surface area contributed by atoms with Gasteiger partial charge in [-0.25, -0.2) is 4.79 Å².